The minimum absolute atomic E-state index is 0.0255. The van der Waals surface area contributed by atoms with Gasteiger partial charge in [-0.3, -0.25) is 4.79 Å². The average Bonchev–Trinajstić information content (AvgIpc) is 3.22. The van der Waals surface area contributed by atoms with Crippen LogP contribution in [0, 0.1) is 0 Å². The zero-order valence-electron chi connectivity index (χ0n) is 39.1. The number of allylic oxidation sites excluding steroid dienone is 2. The molecule has 0 aromatic rings. The van der Waals surface area contributed by atoms with Gasteiger partial charge in [0.2, 0.25) is 5.91 Å². The number of carbonyl (C=O) groups is 1. The van der Waals surface area contributed by atoms with Crippen molar-refractivity contribution in [3.05, 3.63) is 12.2 Å². The molecule has 4 heteroatoms. The summed E-state index contributed by atoms with van der Waals surface area (Å²) in [6, 6.07) is -0.531. The number of carbonyl (C=O) groups excluding carboxylic acids is 1. The van der Waals surface area contributed by atoms with E-state index in [0.717, 1.165) is 25.7 Å². The lowest BCUT2D eigenvalue weighted by Crippen LogP contribution is -2.45. The van der Waals surface area contributed by atoms with Crippen molar-refractivity contribution < 1.29 is 15.0 Å². The highest BCUT2D eigenvalue weighted by Gasteiger charge is 2.20. The predicted molar refractivity (Wildman–Crippen MR) is 253 cm³/mol. The van der Waals surface area contributed by atoms with Crippen molar-refractivity contribution in [3.63, 3.8) is 0 Å². The molecule has 0 aromatic heterocycles. The molecular weight excluding hydrogens is 699 g/mol. The minimum atomic E-state index is -0.655. The third-order valence-corrected chi connectivity index (χ3v) is 12.5. The highest BCUT2D eigenvalue weighted by atomic mass is 16.3. The van der Waals surface area contributed by atoms with Gasteiger partial charge in [0, 0.05) is 6.42 Å². The molecule has 0 rings (SSSR count). The topological polar surface area (TPSA) is 69.6 Å². The number of hydrogen-bond donors (Lipinski definition) is 3. The zero-order chi connectivity index (χ0) is 41.4. The summed E-state index contributed by atoms with van der Waals surface area (Å²) in [7, 11) is 0. The normalized spacial score (nSPS) is 12.8. The Bertz CT molecular complexity index is 784. The molecule has 0 saturated heterocycles. The van der Waals surface area contributed by atoms with Gasteiger partial charge in [0.1, 0.15) is 0 Å². The molecule has 3 N–H and O–H groups in total. The van der Waals surface area contributed by atoms with Gasteiger partial charge >= 0.3 is 0 Å². The van der Waals surface area contributed by atoms with Crippen molar-refractivity contribution in [1.82, 2.24) is 5.32 Å². The molecule has 0 aliphatic heterocycles. The van der Waals surface area contributed by atoms with Gasteiger partial charge < -0.3 is 15.5 Å². The first kappa shape index (κ1) is 56.1. The number of hydrogen-bond acceptors (Lipinski definition) is 3. The second kappa shape index (κ2) is 49.5. The van der Waals surface area contributed by atoms with Crippen LogP contribution in [-0.2, 0) is 4.79 Å². The third-order valence-electron chi connectivity index (χ3n) is 12.5. The molecule has 2 atom stereocenters. The molecule has 0 fully saturated rings. The van der Waals surface area contributed by atoms with Gasteiger partial charge in [0.25, 0.3) is 0 Å². The van der Waals surface area contributed by atoms with E-state index in [9.17, 15) is 15.0 Å². The van der Waals surface area contributed by atoms with Crippen LogP contribution >= 0.6 is 0 Å². The lowest BCUT2D eigenvalue weighted by atomic mass is 10.0. The van der Waals surface area contributed by atoms with Crippen molar-refractivity contribution in [1.29, 1.82) is 0 Å². The summed E-state index contributed by atoms with van der Waals surface area (Å²) in [5, 5.41) is 23.2. The number of aliphatic hydroxyl groups excluding tert-OH is 2. The van der Waals surface area contributed by atoms with Crippen molar-refractivity contribution in [3.8, 4) is 0 Å². The molecule has 0 aromatic carbocycles. The van der Waals surface area contributed by atoms with E-state index in [0.29, 0.717) is 12.8 Å². The predicted octanol–water partition coefficient (Wildman–Crippen LogP) is 17.0. The Morgan fingerprint density at radius 2 is 0.667 bits per heavy atom. The van der Waals surface area contributed by atoms with Crippen molar-refractivity contribution >= 4 is 5.91 Å². The molecule has 1 amide bonds. The van der Waals surface area contributed by atoms with Gasteiger partial charge in [0.05, 0.1) is 18.8 Å². The first-order valence-electron chi connectivity index (χ1n) is 26.4. The fourth-order valence-corrected chi connectivity index (χ4v) is 8.48. The number of nitrogens with one attached hydrogen (secondary N) is 1. The molecule has 0 radical (unpaired) electrons. The van der Waals surface area contributed by atoms with Crippen molar-refractivity contribution in [2.24, 2.45) is 0 Å². The molecule has 340 valence electrons. The Morgan fingerprint density at radius 3 is 0.965 bits per heavy atom. The Balaban J connectivity index is 3.39. The second-order valence-corrected chi connectivity index (χ2v) is 18.3. The minimum Gasteiger partial charge on any atom is -0.394 e. The summed E-state index contributed by atoms with van der Waals surface area (Å²) < 4.78 is 0. The monoisotopic (exact) mass is 804 g/mol. The Hall–Kier alpha value is -0.870. The molecule has 57 heavy (non-hydrogen) atoms. The van der Waals surface area contributed by atoms with Crippen LogP contribution in [0.1, 0.15) is 303 Å². The Labute approximate surface area is 358 Å². The largest absolute Gasteiger partial charge is 0.394 e. The van der Waals surface area contributed by atoms with Crippen molar-refractivity contribution in [2.45, 2.75) is 315 Å². The highest BCUT2D eigenvalue weighted by molar-refractivity contribution is 5.76. The van der Waals surface area contributed by atoms with E-state index in [1.54, 1.807) is 0 Å². The molecule has 0 aliphatic rings. The maximum Gasteiger partial charge on any atom is 0.220 e. The van der Waals surface area contributed by atoms with Crippen molar-refractivity contribution in [2.75, 3.05) is 6.61 Å². The summed E-state index contributed by atoms with van der Waals surface area (Å²) in [4.78, 5) is 12.4. The van der Waals surface area contributed by atoms with E-state index in [-0.39, 0.29) is 12.5 Å². The quantitative estimate of drug-likeness (QED) is 0.0424. The van der Waals surface area contributed by atoms with Crippen LogP contribution in [0.5, 0.6) is 0 Å². The average molecular weight is 804 g/mol. The molecule has 4 nitrogen and oxygen atoms in total. The van der Waals surface area contributed by atoms with Crippen LogP contribution in [0.3, 0.4) is 0 Å². The smallest absolute Gasteiger partial charge is 0.220 e. The molecular formula is C53H105NO3. The maximum atomic E-state index is 12.4. The SMILES string of the molecule is CCCCCCCCCC/C=C\CCCCCCCCCCCCCCCCCCCCCC(=O)NC(CO)C(O)CCCCCCCCCCCCCCCC. The number of amides is 1. The fraction of sp³-hybridized carbons (Fsp3) is 0.943. The molecule has 2 unspecified atom stereocenters. The summed E-state index contributed by atoms with van der Waals surface area (Å²) in [6.45, 7) is 4.38. The highest BCUT2D eigenvalue weighted by Crippen LogP contribution is 2.17. The van der Waals surface area contributed by atoms with E-state index >= 15 is 0 Å². The Morgan fingerprint density at radius 1 is 0.404 bits per heavy atom. The van der Waals surface area contributed by atoms with Gasteiger partial charge in [0.15, 0.2) is 0 Å². The van der Waals surface area contributed by atoms with Gasteiger partial charge in [-0.1, -0.05) is 270 Å². The first-order chi connectivity index (χ1) is 28.2. The maximum absolute atomic E-state index is 12.4. The molecule has 0 spiro atoms. The van der Waals surface area contributed by atoms with Gasteiger partial charge in [-0.15, -0.1) is 0 Å². The summed E-state index contributed by atoms with van der Waals surface area (Å²) in [5.74, 6) is -0.0255. The van der Waals surface area contributed by atoms with E-state index in [1.807, 2.05) is 0 Å². The summed E-state index contributed by atoms with van der Waals surface area (Å²) in [6.07, 6.45) is 63.3. The number of aliphatic hydroxyl groups is 2. The Kier molecular flexibility index (Phi) is 48.7. The van der Waals surface area contributed by atoms with E-state index in [2.05, 4.69) is 31.3 Å². The third kappa shape index (κ3) is 46.1. The molecule has 0 aliphatic carbocycles. The lowest BCUT2D eigenvalue weighted by Gasteiger charge is -2.22. The zero-order valence-corrected chi connectivity index (χ0v) is 39.1. The second-order valence-electron chi connectivity index (χ2n) is 18.3. The summed E-state index contributed by atoms with van der Waals surface area (Å²) in [5.41, 5.74) is 0. The van der Waals surface area contributed by atoms with Gasteiger partial charge in [-0.25, -0.2) is 0 Å². The van der Waals surface area contributed by atoms with Crippen LogP contribution in [0.2, 0.25) is 0 Å². The van der Waals surface area contributed by atoms with Gasteiger partial charge in [-0.2, -0.15) is 0 Å². The van der Waals surface area contributed by atoms with Crippen LogP contribution in [0.25, 0.3) is 0 Å². The van der Waals surface area contributed by atoms with E-state index in [4.69, 9.17) is 0 Å². The van der Waals surface area contributed by atoms with E-state index in [1.165, 1.54) is 250 Å². The fourth-order valence-electron chi connectivity index (χ4n) is 8.48. The number of unbranched alkanes of at least 4 members (excludes halogenated alkanes) is 40. The standard InChI is InChI=1S/C53H105NO3/c1-3-5-7-9-11-13-15-17-19-20-21-22-23-24-25-26-27-28-29-30-31-32-33-34-35-37-39-41-43-45-47-49-53(57)54-51(50-55)52(56)48-46-44-42-40-38-36-18-16-14-12-10-8-6-4-2/h20-21,51-52,55-56H,3-19,22-50H2,1-2H3,(H,54,57)/b21-20-. The number of rotatable bonds is 49. The van der Waals surface area contributed by atoms with E-state index < -0.39 is 12.1 Å². The van der Waals surface area contributed by atoms with Gasteiger partial charge in [-0.05, 0) is 38.5 Å². The van der Waals surface area contributed by atoms with Crippen LogP contribution in [0.4, 0.5) is 0 Å². The lowest BCUT2D eigenvalue weighted by molar-refractivity contribution is -0.123. The van der Waals surface area contributed by atoms with Crippen LogP contribution in [-0.4, -0.2) is 34.9 Å². The molecule has 0 bridgehead atoms. The first-order valence-corrected chi connectivity index (χ1v) is 26.4. The summed E-state index contributed by atoms with van der Waals surface area (Å²) >= 11 is 0. The molecule has 0 saturated carbocycles. The molecule has 0 heterocycles. The van der Waals surface area contributed by atoms with Crippen LogP contribution in [0.15, 0.2) is 12.2 Å². The van der Waals surface area contributed by atoms with Crippen LogP contribution < -0.4 is 5.32 Å².